The van der Waals surface area contributed by atoms with Crippen molar-refractivity contribution < 1.29 is 40.6 Å². The summed E-state index contributed by atoms with van der Waals surface area (Å²) in [4.78, 5) is 11.5. The Labute approximate surface area is 402 Å². The number of rotatable bonds is 16. The third kappa shape index (κ3) is 12.1. The summed E-state index contributed by atoms with van der Waals surface area (Å²) in [7, 11) is -8.82. The number of fused-ring (bicyclic) bond motifs is 1. The lowest BCUT2D eigenvalue weighted by molar-refractivity contribution is 0.317. The van der Waals surface area contributed by atoms with Crippen LogP contribution in [0.4, 0.5) is 62.6 Å². The van der Waals surface area contributed by atoms with E-state index in [2.05, 4.69) is 40.9 Å². The highest BCUT2D eigenvalue weighted by Gasteiger charge is 2.19. The van der Waals surface area contributed by atoms with Gasteiger partial charge >= 0.3 is 6.08 Å². The normalized spacial score (nSPS) is 12.2. The minimum absolute atomic E-state index is 0.0398. The van der Waals surface area contributed by atoms with E-state index >= 15 is 0 Å². The molecule has 0 aliphatic rings. The van der Waals surface area contributed by atoms with Crippen molar-refractivity contribution in [1.82, 2.24) is 4.58 Å². The molecule has 356 valence electrons. The molecule has 0 saturated heterocycles. The lowest BCUT2D eigenvalue weighted by Crippen LogP contribution is -2.08. The highest BCUT2D eigenvalue weighted by atomic mass is 32.2. The van der Waals surface area contributed by atoms with Gasteiger partial charge in [-0.25, -0.2) is 0 Å². The van der Waals surface area contributed by atoms with Gasteiger partial charge in [0, 0.05) is 41.4 Å². The summed E-state index contributed by atoms with van der Waals surface area (Å²) in [5.41, 5.74) is 14.0. The van der Waals surface area contributed by atoms with Crippen molar-refractivity contribution in [2.24, 2.45) is 40.9 Å². The predicted molar refractivity (Wildman–Crippen MR) is 266 cm³/mol. The monoisotopic (exact) mass is 981 g/mol. The van der Waals surface area contributed by atoms with Crippen LogP contribution in [0.1, 0.15) is 34.2 Å². The number of anilines is 1. The fourth-order valence-electron chi connectivity index (χ4n) is 6.97. The van der Waals surface area contributed by atoms with Crippen LogP contribution in [0.3, 0.4) is 0 Å². The molecule has 7 aromatic rings. The lowest BCUT2D eigenvalue weighted by atomic mass is 10.1. The number of azo groups is 4. The number of isocyanates is 1. The Bertz CT molecular complexity index is 3590. The fourth-order valence-corrected chi connectivity index (χ4v) is 8.07. The number of phenolic OH excluding ortho intramolecular Hbond substituents is 1. The van der Waals surface area contributed by atoms with Crippen molar-refractivity contribution in [1.29, 1.82) is 0 Å². The summed E-state index contributed by atoms with van der Waals surface area (Å²) >= 11 is 0. The zero-order chi connectivity index (χ0) is 50.3. The van der Waals surface area contributed by atoms with Crippen molar-refractivity contribution in [2.45, 2.75) is 45.9 Å². The van der Waals surface area contributed by atoms with E-state index in [4.69, 9.17) is 10.5 Å². The Morgan fingerprint density at radius 3 is 1.56 bits per heavy atom. The Hall–Kier alpha value is -8.20. The molecule has 0 fully saturated rings. The van der Waals surface area contributed by atoms with Crippen LogP contribution >= 0.6 is 0 Å². The number of hydrogen-bond acceptors (Lipinski definition) is 16. The second-order valence-electron chi connectivity index (χ2n) is 16.0. The lowest BCUT2D eigenvalue weighted by Gasteiger charge is -2.11. The minimum Gasteiger partial charge on any atom is -0.505 e. The summed E-state index contributed by atoms with van der Waals surface area (Å²) in [6.45, 7) is 9.01. The van der Waals surface area contributed by atoms with Crippen LogP contribution in [-0.2, 0) is 25.0 Å². The van der Waals surface area contributed by atoms with E-state index in [0.29, 0.717) is 56.1 Å². The van der Waals surface area contributed by atoms with Crippen LogP contribution < -0.4 is 15.0 Å². The molecule has 7 rings (SSSR count). The Morgan fingerprint density at radius 2 is 1.03 bits per heavy atom. The smallest absolute Gasteiger partial charge is 0.437 e. The van der Waals surface area contributed by atoms with Crippen LogP contribution in [0.25, 0.3) is 10.8 Å². The van der Waals surface area contributed by atoms with Gasteiger partial charge in [0.2, 0.25) is 11.4 Å². The van der Waals surface area contributed by atoms with Crippen LogP contribution in [0.2, 0.25) is 0 Å². The van der Waals surface area contributed by atoms with Gasteiger partial charge in [-0.3, -0.25) is 9.11 Å². The SMILES string of the molecule is Cc1cc(N=Nc2cc(C)c(N=Nc3ccccc3S(=O)(=O)O)cc2OCCCS(=O)(=O)O)c(C)cc1N=Nc1cc(C)c(N=Nc2ccc3cc([N+](=C=O)c4ccc(N)cc4)ccc3c2O)cc1C. The number of benzene rings is 7. The van der Waals surface area contributed by atoms with E-state index < -0.39 is 30.9 Å². The van der Waals surface area contributed by atoms with Gasteiger partial charge in [-0.15, -0.1) is 15.3 Å². The minimum atomic E-state index is -4.58. The fraction of sp³-hybridized carbons (Fsp3) is 0.163. The van der Waals surface area contributed by atoms with Crippen molar-refractivity contribution in [3.63, 3.8) is 0 Å². The van der Waals surface area contributed by atoms with Crippen LogP contribution in [0.15, 0.2) is 161 Å². The molecule has 5 N–H and O–H groups in total. The molecule has 7 aromatic carbocycles. The molecule has 0 heterocycles. The van der Waals surface area contributed by atoms with Gasteiger partial charge in [-0.1, -0.05) is 22.8 Å². The average molecular weight is 982 g/mol. The van der Waals surface area contributed by atoms with Crippen LogP contribution in [0.5, 0.6) is 11.5 Å². The Morgan fingerprint density at radius 1 is 0.557 bits per heavy atom. The van der Waals surface area contributed by atoms with Crippen molar-refractivity contribution >= 4 is 99.6 Å². The van der Waals surface area contributed by atoms with Crippen LogP contribution in [-0.4, -0.2) is 49.5 Å². The first-order chi connectivity index (χ1) is 33.3. The number of hydrogen-bond donors (Lipinski definition) is 4. The summed E-state index contributed by atoms with van der Waals surface area (Å²) < 4.78 is 72.5. The zero-order valence-electron chi connectivity index (χ0n) is 38.3. The third-order valence-corrected chi connectivity index (χ3v) is 12.5. The quantitative estimate of drug-likeness (QED) is 0.0135. The first-order valence-electron chi connectivity index (χ1n) is 21.3. The van der Waals surface area contributed by atoms with Gasteiger partial charge in [0.25, 0.3) is 20.2 Å². The van der Waals surface area contributed by atoms with E-state index in [-0.39, 0.29) is 47.3 Å². The molecule has 0 amide bonds. The second kappa shape index (κ2) is 21.0. The second-order valence-corrected chi connectivity index (χ2v) is 19.0. The molecule has 0 bridgehead atoms. The number of nitrogen functional groups attached to an aromatic ring is 1. The molecule has 0 atom stereocenters. The third-order valence-electron chi connectivity index (χ3n) is 10.8. The Kier molecular flexibility index (Phi) is 14.9. The highest BCUT2D eigenvalue weighted by molar-refractivity contribution is 7.86. The molecular weight excluding hydrogens is 937 g/mol. The number of phenols is 1. The standard InChI is InChI=1S/C49H44N10O9S2/c1-29-22-42(30(2)21-41(29)53-52-40-18-11-34-26-37(16-17-38(34)49(40)61)59(28-60)36-14-12-35(50)13-15-36)54-55-43-23-32(4)44(24-31(43)3)56-58-46-25-33(5)45(27-47(46)68-19-8-20-69(62,63)64)57-51-39-9-6-7-10-48(39)70(65,66)67/h6-7,9-18,21-27H,8,19-20,50H2,1-5H3,(H2-,51,53,55,58,61,62,63,64,65,66,67)/p+1. The van der Waals surface area contributed by atoms with E-state index in [1.165, 1.54) is 34.9 Å². The van der Waals surface area contributed by atoms with E-state index in [1.807, 2.05) is 52.0 Å². The number of nitrogens with zero attached hydrogens (tertiary/aromatic N) is 9. The molecular formula is C49H45N10O9S2+. The number of carbonyl (C=O) groups excluding carboxylic acids is 1. The van der Waals surface area contributed by atoms with E-state index in [1.54, 1.807) is 73.7 Å². The maximum Gasteiger partial charge on any atom is 0.437 e. The van der Waals surface area contributed by atoms with E-state index in [0.717, 1.165) is 22.3 Å². The maximum atomic E-state index is 11.9. The van der Waals surface area contributed by atoms with Gasteiger partial charge in [0.1, 0.15) is 27.7 Å². The summed E-state index contributed by atoms with van der Waals surface area (Å²) in [5.74, 6) is -0.451. The predicted octanol–water partition coefficient (Wildman–Crippen LogP) is 13.4. The largest absolute Gasteiger partial charge is 0.505 e. The summed E-state index contributed by atoms with van der Waals surface area (Å²) in [6, 6.07) is 31.3. The van der Waals surface area contributed by atoms with Crippen molar-refractivity contribution in [2.75, 3.05) is 18.1 Å². The highest BCUT2D eigenvalue weighted by Crippen LogP contribution is 2.41. The molecule has 19 nitrogen and oxygen atoms in total. The molecule has 70 heavy (non-hydrogen) atoms. The van der Waals surface area contributed by atoms with Gasteiger partial charge in [-0.05, 0) is 141 Å². The number of aromatic hydroxyl groups is 1. The topological polar surface area (TPSA) is 283 Å². The van der Waals surface area contributed by atoms with Gasteiger partial charge in [-0.2, -0.15) is 47.2 Å². The zero-order valence-corrected chi connectivity index (χ0v) is 39.9. The number of aryl methyl sites for hydroxylation is 5. The molecule has 0 aromatic heterocycles. The van der Waals surface area contributed by atoms with E-state index in [9.17, 15) is 35.8 Å². The molecule has 0 aliphatic heterocycles. The molecule has 0 spiro atoms. The molecule has 21 heteroatoms. The van der Waals surface area contributed by atoms with Crippen LogP contribution in [0, 0.1) is 34.6 Å². The first-order valence-corrected chi connectivity index (χ1v) is 24.3. The Balaban J connectivity index is 1.08. The molecule has 0 radical (unpaired) electrons. The summed E-state index contributed by atoms with van der Waals surface area (Å²) in [6.07, 6.45) is 1.90. The summed E-state index contributed by atoms with van der Waals surface area (Å²) in [5, 5.41) is 47.4. The number of nitrogens with two attached hydrogens (primary N) is 1. The average Bonchev–Trinajstić information content (AvgIpc) is 3.31. The maximum absolute atomic E-state index is 11.9. The molecule has 0 saturated carbocycles. The molecule has 0 unspecified atom stereocenters. The van der Waals surface area contributed by atoms with Gasteiger partial charge < -0.3 is 15.6 Å². The van der Waals surface area contributed by atoms with Gasteiger partial charge in [0.15, 0.2) is 5.75 Å². The van der Waals surface area contributed by atoms with Gasteiger partial charge in [0.05, 0.1) is 40.8 Å². The number of ether oxygens (including phenoxy) is 1. The molecule has 0 aliphatic carbocycles. The first kappa shape index (κ1) is 49.7. The van der Waals surface area contributed by atoms with Crippen molar-refractivity contribution in [3.8, 4) is 11.5 Å². The van der Waals surface area contributed by atoms with Crippen molar-refractivity contribution in [3.05, 3.63) is 143 Å².